The van der Waals surface area contributed by atoms with Crippen LogP contribution in [0.4, 0.5) is 0 Å². The highest BCUT2D eigenvalue weighted by Crippen LogP contribution is 1.96. The van der Waals surface area contributed by atoms with Crippen molar-refractivity contribution in [2.24, 2.45) is 5.92 Å². The van der Waals surface area contributed by atoms with Crippen molar-refractivity contribution < 1.29 is 0 Å². The molecule has 0 aliphatic rings. The quantitative estimate of drug-likeness (QED) is 0.460. The third kappa shape index (κ3) is 4.73. The van der Waals surface area contributed by atoms with Crippen LogP contribution in [0.5, 0.6) is 0 Å². The van der Waals surface area contributed by atoms with Crippen LogP contribution < -0.4 is 5.32 Å². The van der Waals surface area contributed by atoms with Crippen LogP contribution in [0.3, 0.4) is 0 Å². The molecule has 2 unspecified atom stereocenters. The lowest BCUT2D eigenvalue weighted by Crippen LogP contribution is -2.32. The SMILES string of the molecule is CC=CCNC(C)C(C)C=N. The van der Waals surface area contributed by atoms with Crippen molar-refractivity contribution in [1.29, 1.82) is 5.41 Å². The Labute approximate surface area is 69.2 Å². The molecule has 0 aliphatic heterocycles. The van der Waals surface area contributed by atoms with E-state index in [0.717, 1.165) is 6.54 Å². The molecule has 0 bridgehead atoms. The molecule has 2 N–H and O–H groups in total. The Kier molecular flexibility index (Phi) is 5.75. The first-order chi connectivity index (χ1) is 5.22. The molecule has 0 saturated carbocycles. The molecule has 0 amide bonds. The maximum atomic E-state index is 7.04. The Bertz CT molecular complexity index is 130. The third-order valence-corrected chi connectivity index (χ3v) is 1.84. The van der Waals surface area contributed by atoms with E-state index in [4.69, 9.17) is 5.41 Å². The number of nitrogens with one attached hydrogen (secondary N) is 2. The molecule has 0 rings (SSSR count). The Balaban J connectivity index is 3.50. The third-order valence-electron chi connectivity index (χ3n) is 1.84. The second kappa shape index (κ2) is 6.10. The Hall–Kier alpha value is -0.630. The van der Waals surface area contributed by atoms with Gasteiger partial charge < -0.3 is 10.7 Å². The van der Waals surface area contributed by atoms with Gasteiger partial charge in [-0.15, -0.1) is 0 Å². The first-order valence-electron chi connectivity index (χ1n) is 4.07. The number of rotatable bonds is 5. The summed E-state index contributed by atoms with van der Waals surface area (Å²) in [6, 6.07) is 0.392. The van der Waals surface area contributed by atoms with Gasteiger partial charge in [0.15, 0.2) is 0 Å². The molecule has 0 aromatic rings. The monoisotopic (exact) mass is 154 g/mol. The molecule has 0 saturated heterocycles. The van der Waals surface area contributed by atoms with Crippen molar-refractivity contribution in [1.82, 2.24) is 5.32 Å². The van der Waals surface area contributed by atoms with Gasteiger partial charge in [0, 0.05) is 18.5 Å². The zero-order valence-electron chi connectivity index (χ0n) is 7.59. The maximum absolute atomic E-state index is 7.04. The maximum Gasteiger partial charge on any atom is 0.0137 e. The minimum atomic E-state index is 0.320. The van der Waals surface area contributed by atoms with E-state index < -0.39 is 0 Å². The summed E-state index contributed by atoms with van der Waals surface area (Å²) in [7, 11) is 0. The zero-order valence-corrected chi connectivity index (χ0v) is 7.59. The summed E-state index contributed by atoms with van der Waals surface area (Å²) in [4.78, 5) is 0. The molecule has 2 nitrogen and oxygen atoms in total. The summed E-state index contributed by atoms with van der Waals surface area (Å²) in [5, 5.41) is 10.3. The van der Waals surface area contributed by atoms with Crippen molar-refractivity contribution in [3.63, 3.8) is 0 Å². The molecule has 0 radical (unpaired) electrons. The van der Waals surface area contributed by atoms with Crippen molar-refractivity contribution in [3.8, 4) is 0 Å². The summed E-state index contributed by atoms with van der Waals surface area (Å²) in [6.07, 6.45) is 5.58. The van der Waals surface area contributed by atoms with E-state index in [2.05, 4.69) is 18.3 Å². The van der Waals surface area contributed by atoms with E-state index in [1.807, 2.05) is 19.9 Å². The molecular weight excluding hydrogens is 136 g/mol. The molecule has 11 heavy (non-hydrogen) atoms. The zero-order chi connectivity index (χ0) is 8.69. The second-order valence-corrected chi connectivity index (χ2v) is 2.79. The van der Waals surface area contributed by atoms with Crippen molar-refractivity contribution in [3.05, 3.63) is 12.2 Å². The van der Waals surface area contributed by atoms with Crippen LogP contribution >= 0.6 is 0 Å². The summed E-state index contributed by atoms with van der Waals surface area (Å²) in [6.45, 7) is 7.04. The van der Waals surface area contributed by atoms with Gasteiger partial charge in [-0.3, -0.25) is 0 Å². The smallest absolute Gasteiger partial charge is 0.0137 e. The molecule has 0 heterocycles. The average Bonchev–Trinajstić information content (AvgIpc) is 2.03. The van der Waals surface area contributed by atoms with Crippen molar-refractivity contribution in [2.75, 3.05) is 6.54 Å². The first kappa shape index (κ1) is 10.4. The Morgan fingerprint density at radius 3 is 2.55 bits per heavy atom. The summed E-state index contributed by atoms with van der Waals surface area (Å²) < 4.78 is 0. The van der Waals surface area contributed by atoms with Crippen LogP contribution in [-0.2, 0) is 0 Å². The van der Waals surface area contributed by atoms with Crippen molar-refractivity contribution >= 4 is 6.21 Å². The van der Waals surface area contributed by atoms with Gasteiger partial charge in [-0.1, -0.05) is 19.1 Å². The minimum Gasteiger partial charge on any atom is -0.313 e. The highest BCUT2D eigenvalue weighted by molar-refractivity contribution is 5.57. The molecule has 64 valence electrons. The molecule has 2 atom stereocenters. The van der Waals surface area contributed by atoms with Crippen LogP contribution in [0.15, 0.2) is 12.2 Å². The van der Waals surface area contributed by atoms with Gasteiger partial charge in [-0.25, -0.2) is 0 Å². The Morgan fingerprint density at radius 1 is 1.45 bits per heavy atom. The fraction of sp³-hybridized carbons (Fsp3) is 0.667. The van der Waals surface area contributed by atoms with Crippen LogP contribution in [0.2, 0.25) is 0 Å². The van der Waals surface area contributed by atoms with E-state index >= 15 is 0 Å². The molecular formula is C9H18N2. The van der Waals surface area contributed by atoms with Gasteiger partial charge in [0.25, 0.3) is 0 Å². The van der Waals surface area contributed by atoms with Crippen LogP contribution in [0, 0.1) is 11.3 Å². The van der Waals surface area contributed by atoms with E-state index in [1.54, 1.807) is 0 Å². The fourth-order valence-electron chi connectivity index (χ4n) is 0.702. The topological polar surface area (TPSA) is 35.9 Å². The van der Waals surface area contributed by atoms with Gasteiger partial charge in [-0.2, -0.15) is 0 Å². The van der Waals surface area contributed by atoms with Gasteiger partial charge in [0.1, 0.15) is 0 Å². The summed E-state index contributed by atoms with van der Waals surface area (Å²) in [5.74, 6) is 0.320. The predicted molar refractivity (Wildman–Crippen MR) is 50.2 cm³/mol. The first-order valence-corrected chi connectivity index (χ1v) is 4.07. The van der Waals surface area contributed by atoms with Gasteiger partial charge in [0.05, 0.1) is 0 Å². The van der Waals surface area contributed by atoms with E-state index in [1.165, 1.54) is 6.21 Å². The van der Waals surface area contributed by atoms with Crippen LogP contribution in [0.1, 0.15) is 20.8 Å². The highest BCUT2D eigenvalue weighted by atomic mass is 14.9. The van der Waals surface area contributed by atoms with Gasteiger partial charge >= 0.3 is 0 Å². The van der Waals surface area contributed by atoms with Gasteiger partial charge in [0.2, 0.25) is 0 Å². The fourth-order valence-corrected chi connectivity index (χ4v) is 0.702. The molecule has 0 aromatic heterocycles. The molecule has 0 aromatic carbocycles. The average molecular weight is 154 g/mol. The lowest BCUT2D eigenvalue weighted by molar-refractivity contribution is 0.507. The lowest BCUT2D eigenvalue weighted by Gasteiger charge is -2.15. The lowest BCUT2D eigenvalue weighted by atomic mass is 10.1. The van der Waals surface area contributed by atoms with Crippen molar-refractivity contribution in [2.45, 2.75) is 26.8 Å². The highest BCUT2D eigenvalue weighted by Gasteiger charge is 2.06. The van der Waals surface area contributed by atoms with E-state index in [-0.39, 0.29) is 0 Å². The predicted octanol–water partition coefficient (Wildman–Crippen LogP) is 1.83. The summed E-state index contributed by atoms with van der Waals surface area (Å²) in [5.41, 5.74) is 0. The minimum absolute atomic E-state index is 0.320. The normalized spacial score (nSPS) is 16.6. The molecule has 0 spiro atoms. The van der Waals surface area contributed by atoms with Crippen LogP contribution in [-0.4, -0.2) is 18.8 Å². The van der Waals surface area contributed by atoms with E-state index in [0.29, 0.717) is 12.0 Å². The molecule has 0 aliphatic carbocycles. The largest absolute Gasteiger partial charge is 0.313 e. The Morgan fingerprint density at radius 2 is 2.09 bits per heavy atom. The number of hydrogen-bond acceptors (Lipinski definition) is 2. The molecule has 0 fully saturated rings. The number of allylic oxidation sites excluding steroid dienone is 1. The van der Waals surface area contributed by atoms with Crippen LogP contribution in [0.25, 0.3) is 0 Å². The van der Waals surface area contributed by atoms with E-state index in [9.17, 15) is 0 Å². The standard InChI is InChI=1S/C9H18N2/c1-4-5-6-11-9(3)8(2)7-10/h4-5,7-11H,6H2,1-3H3. The van der Waals surface area contributed by atoms with Gasteiger partial charge in [-0.05, 0) is 20.1 Å². The number of hydrogen-bond donors (Lipinski definition) is 2. The molecule has 2 heteroatoms. The second-order valence-electron chi connectivity index (χ2n) is 2.79. The summed E-state index contributed by atoms with van der Waals surface area (Å²) >= 11 is 0.